The Morgan fingerprint density at radius 1 is 1.29 bits per heavy atom. The summed E-state index contributed by atoms with van der Waals surface area (Å²) >= 11 is 3.38. The first kappa shape index (κ1) is 20.9. The second-order valence-electron chi connectivity index (χ2n) is 8.29. The van der Waals surface area contributed by atoms with Crippen molar-refractivity contribution in [3.63, 3.8) is 0 Å². The molecule has 0 spiro atoms. The van der Waals surface area contributed by atoms with Gasteiger partial charge >= 0.3 is 0 Å². The minimum absolute atomic E-state index is 0.406. The van der Waals surface area contributed by atoms with Crippen molar-refractivity contribution in [1.82, 2.24) is 14.8 Å². The van der Waals surface area contributed by atoms with Gasteiger partial charge < -0.3 is 9.53 Å². The standard InChI is InChI=1S/C21H26BrN3O2Si/c1-15-10-16(18(13-26)19-6-5-7-20(22)23-19)11-17-12-25(24-21(15)17)14-27-8-9-28(2,3)4/h5-7,10-13,18H,8-9,14H2,1-4H3. The topological polar surface area (TPSA) is 57.0 Å². The Bertz CT molecular complexity index is 981. The number of aldehydes is 1. The molecule has 1 unspecified atom stereocenters. The highest BCUT2D eigenvalue weighted by Gasteiger charge is 2.18. The third kappa shape index (κ3) is 5.15. The van der Waals surface area contributed by atoms with Crippen LogP contribution in [0.15, 0.2) is 41.1 Å². The lowest BCUT2D eigenvalue weighted by atomic mass is 9.94. The molecule has 1 aromatic carbocycles. The summed E-state index contributed by atoms with van der Waals surface area (Å²) in [5.74, 6) is -0.406. The van der Waals surface area contributed by atoms with Crippen LogP contribution in [0, 0.1) is 6.92 Å². The Hall–Kier alpha value is -1.83. The largest absolute Gasteiger partial charge is 0.360 e. The number of nitrogens with zero attached hydrogens (tertiary/aromatic N) is 3. The summed E-state index contributed by atoms with van der Waals surface area (Å²) in [7, 11) is -1.09. The second kappa shape index (κ2) is 8.67. The first-order valence-corrected chi connectivity index (χ1v) is 13.9. The fraction of sp³-hybridized carbons (Fsp3) is 0.381. The number of ether oxygens (including phenoxy) is 1. The molecule has 0 amide bonds. The first-order chi connectivity index (χ1) is 13.3. The van der Waals surface area contributed by atoms with Crippen LogP contribution in [-0.4, -0.2) is 35.7 Å². The van der Waals surface area contributed by atoms with Crippen molar-refractivity contribution in [3.05, 3.63) is 58.0 Å². The molecule has 28 heavy (non-hydrogen) atoms. The molecule has 0 aliphatic rings. The van der Waals surface area contributed by atoms with E-state index in [-0.39, 0.29) is 0 Å². The van der Waals surface area contributed by atoms with Gasteiger partial charge in [0.2, 0.25) is 0 Å². The zero-order valence-corrected chi connectivity index (χ0v) is 19.4. The van der Waals surface area contributed by atoms with E-state index >= 15 is 0 Å². The molecule has 1 atom stereocenters. The normalized spacial score (nSPS) is 13.0. The number of rotatable bonds is 8. The van der Waals surface area contributed by atoms with E-state index in [1.54, 1.807) is 0 Å². The number of halogens is 1. The molecule has 0 radical (unpaired) electrons. The third-order valence-corrected chi connectivity index (χ3v) is 6.79. The second-order valence-corrected chi connectivity index (χ2v) is 14.7. The number of aryl methyl sites for hydroxylation is 1. The van der Waals surface area contributed by atoms with Gasteiger partial charge in [0.25, 0.3) is 0 Å². The summed E-state index contributed by atoms with van der Waals surface area (Å²) < 4.78 is 8.36. The van der Waals surface area contributed by atoms with Gasteiger partial charge in [-0.2, -0.15) is 5.10 Å². The molecule has 0 saturated carbocycles. The van der Waals surface area contributed by atoms with Crippen LogP contribution in [0.2, 0.25) is 25.7 Å². The van der Waals surface area contributed by atoms with Crippen LogP contribution >= 0.6 is 15.9 Å². The van der Waals surface area contributed by atoms with Crippen molar-refractivity contribution in [2.45, 2.75) is 45.3 Å². The molecule has 5 nitrogen and oxygen atoms in total. The fourth-order valence-electron chi connectivity index (χ4n) is 3.09. The van der Waals surface area contributed by atoms with Crippen molar-refractivity contribution in [2.75, 3.05) is 6.61 Å². The lowest BCUT2D eigenvalue weighted by molar-refractivity contribution is -0.108. The molecule has 0 aliphatic carbocycles. The van der Waals surface area contributed by atoms with E-state index in [1.807, 2.05) is 48.1 Å². The number of carbonyl (C=O) groups is 1. The maximum Gasteiger partial charge on any atom is 0.139 e. The van der Waals surface area contributed by atoms with Crippen LogP contribution in [0.1, 0.15) is 22.7 Å². The van der Waals surface area contributed by atoms with E-state index in [1.165, 1.54) is 0 Å². The lowest BCUT2D eigenvalue weighted by Gasteiger charge is -2.15. The molecule has 7 heteroatoms. The maximum atomic E-state index is 11.8. The van der Waals surface area contributed by atoms with Gasteiger partial charge in [-0.25, -0.2) is 9.67 Å². The van der Waals surface area contributed by atoms with Crippen molar-refractivity contribution in [2.24, 2.45) is 0 Å². The van der Waals surface area contributed by atoms with E-state index in [4.69, 9.17) is 4.74 Å². The van der Waals surface area contributed by atoms with E-state index in [0.717, 1.165) is 51.3 Å². The van der Waals surface area contributed by atoms with Crippen LogP contribution in [-0.2, 0) is 16.3 Å². The molecular weight excluding hydrogens is 434 g/mol. The molecule has 0 fully saturated rings. The monoisotopic (exact) mass is 459 g/mol. The molecule has 3 rings (SSSR count). The predicted molar refractivity (Wildman–Crippen MR) is 118 cm³/mol. The van der Waals surface area contributed by atoms with E-state index in [9.17, 15) is 4.79 Å². The van der Waals surface area contributed by atoms with Gasteiger partial charge in [0.15, 0.2) is 0 Å². The van der Waals surface area contributed by atoms with E-state index in [0.29, 0.717) is 6.73 Å². The summed E-state index contributed by atoms with van der Waals surface area (Å²) in [6.07, 6.45) is 2.93. The van der Waals surface area contributed by atoms with Crippen molar-refractivity contribution < 1.29 is 9.53 Å². The smallest absolute Gasteiger partial charge is 0.139 e. The highest BCUT2D eigenvalue weighted by Crippen LogP contribution is 2.28. The van der Waals surface area contributed by atoms with Gasteiger partial charge in [-0.05, 0) is 58.2 Å². The van der Waals surface area contributed by atoms with Crippen molar-refractivity contribution in [3.8, 4) is 0 Å². The Labute approximate surface area is 175 Å². The highest BCUT2D eigenvalue weighted by molar-refractivity contribution is 9.10. The molecule has 2 heterocycles. The number of aromatic nitrogens is 3. The molecule has 3 aromatic rings. The van der Waals surface area contributed by atoms with Crippen LogP contribution < -0.4 is 0 Å². The summed E-state index contributed by atoms with van der Waals surface area (Å²) in [6, 6.07) is 10.8. The Kier molecular flexibility index (Phi) is 6.47. The number of hydrogen-bond acceptors (Lipinski definition) is 4. The van der Waals surface area contributed by atoms with Gasteiger partial charge in [-0.15, -0.1) is 0 Å². The average molecular weight is 460 g/mol. The van der Waals surface area contributed by atoms with Gasteiger partial charge in [-0.1, -0.05) is 31.8 Å². The minimum Gasteiger partial charge on any atom is -0.360 e. The van der Waals surface area contributed by atoms with Crippen molar-refractivity contribution >= 4 is 41.2 Å². The molecule has 148 valence electrons. The fourth-order valence-corrected chi connectivity index (χ4v) is 4.20. The SMILES string of the molecule is Cc1cc(C(C=O)c2cccc(Br)n2)cc2cn(COCC[Si](C)(C)C)nc12. The average Bonchev–Trinajstić information content (AvgIpc) is 3.02. The Balaban J connectivity index is 1.83. The third-order valence-electron chi connectivity index (χ3n) is 4.64. The Morgan fingerprint density at radius 2 is 2.07 bits per heavy atom. The number of fused-ring (bicyclic) bond motifs is 1. The lowest BCUT2D eigenvalue weighted by Crippen LogP contribution is -2.22. The van der Waals surface area contributed by atoms with E-state index < -0.39 is 14.0 Å². The first-order valence-electron chi connectivity index (χ1n) is 9.40. The van der Waals surface area contributed by atoms with Gasteiger partial charge in [-0.3, -0.25) is 0 Å². The maximum absolute atomic E-state index is 11.8. The van der Waals surface area contributed by atoms with Crippen LogP contribution in [0.3, 0.4) is 0 Å². The van der Waals surface area contributed by atoms with Gasteiger partial charge in [0.1, 0.15) is 17.6 Å². The number of benzene rings is 1. The minimum atomic E-state index is -1.09. The highest BCUT2D eigenvalue weighted by atomic mass is 79.9. The molecular formula is C21H26BrN3O2Si. The van der Waals surface area contributed by atoms with Crippen molar-refractivity contribution in [1.29, 1.82) is 0 Å². The zero-order valence-electron chi connectivity index (χ0n) is 16.8. The van der Waals surface area contributed by atoms with Crippen LogP contribution in [0.25, 0.3) is 10.9 Å². The van der Waals surface area contributed by atoms with Crippen LogP contribution in [0.5, 0.6) is 0 Å². The zero-order chi connectivity index (χ0) is 20.3. The number of carbonyl (C=O) groups excluding carboxylic acids is 1. The van der Waals surface area contributed by atoms with Gasteiger partial charge in [0, 0.05) is 26.3 Å². The quantitative estimate of drug-likeness (QED) is 0.202. The molecule has 0 N–H and O–H groups in total. The van der Waals surface area contributed by atoms with Gasteiger partial charge in [0.05, 0.1) is 17.1 Å². The molecule has 0 saturated heterocycles. The predicted octanol–water partition coefficient (Wildman–Crippen LogP) is 5.15. The summed E-state index contributed by atoms with van der Waals surface area (Å²) in [5, 5.41) is 5.66. The summed E-state index contributed by atoms with van der Waals surface area (Å²) in [5.41, 5.74) is 3.62. The summed E-state index contributed by atoms with van der Waals surface area (Å²) in [6.45, 7) is 10.2. The molecule has 0 bridgehead atoms. The van der Waals surface area contributed by atoms with Crippen LogP contribution in [0.4, 0.5) is 0 Å². The van der Waals surface area contributed by atoms with E-state index in [2.05, 4.69) is 45.7 Å². The number of pyridine rings is 1. The molecule has 2 aromatic heterocycles. The number of hydrogen-bond donors (Lipinski definition) is 0. The Morgan fingerprint density at radius 3 is 2.75 bits per heavy atom. The summed E-state index contributed by atoms with van der Waals surface area (Å²) in [4.78, 5) is 16.3. The molecule has 0 aliphatic heterocycles.